The van der Waals surface area contributed by atoms with Gasteiger partial charge in [0.25, 0.3) is 5.91 Å². The summed E-state index contributed by atoms with van der Waals surface area (Å²) in [5.74, 6) is -0.469. The minimum atomic E-state index is -0.616. The van der Waals surface area contributed by atoms with E-state index >= 15 is 0 Å². The number of nitrogens with one attached hydrogen (secondary N) is 1. The number of halogens is 1. The number of amides is 1. The Balaban J connectivity index is 1.72. The highest BCUT2D eigenvalue weighted by Gasteiger charge is 2.12. The first-order valence-corrected chi connectivity index (χ1v) is 8.22. The van der Waals surface area contributed by atoms with Crippen molar-refractivity contribution < 1.29 is 19.1 Å². The molecule has 0 unspecified atom stereocenters. The third kappa shape index (κ3) is 6.12. The number of carbonyl (C=O) groups excluding carboxylic acids is 2. The number of benzene rings is 2. The summed E-state index contributed by atoms with van der Waals surface area (Å²) >= 11 is 5.92. The lowest BCUT2D eigenvalue weighted by atomic mass is 10.1. The van der Waals surface area contributed by atoms with Crippen molar-refractivity contribution in [3.63, 3.8) is 0 Å². The molecule has 0 radical (unpaired) electrons. The molecule has 0 aliphatic carbocycles. The lowest BCUT2D eigenvalue weighted by molar-refractivity contribution is -0.150. The number of carbonyl (C=O) groups is 2. The molecule has 2 aromatic rings. The third-order valence-corrected chi connectivity index (χ3v) is 3.95. The molecule has 2 aromatic carbocycles. The van der Waals surface area contributed by atoms with Crippen molar-refractivity contribution in [3.8, 4) is 5.75 Å². The van der Waals surface area contributed by atoms with Crippen LogP contribution in [0, 0.1) is 6.92 Å². The van der Waals surface area contributed by atoms with Crippen LogP contribution in [0.1, 0.15) is 24.1 Å². The van der Waals surface area contributed by atoms with E-state index in [1.807, 2.05) is 44.2 Å². The van der Waals surface area contributed by atoms with Gasteiger partial charge in [0.1, 0.15) is 5.75 Å². The number of esters is 1. The predicted octanol–water partition coefficient (Wildman–Crippen LogP) is 3.45. The first kappa shape index (κ1) is 18.8. The van der Waals surface area contributed by atoms with Gasteiger partial charge in [-0.25, -0.2) is 4.79 Å². The van der Waals surface area contributed by atoms with Crippen molar-refractivity contribution in [1.82, 2.24) is 5.32 Å². The number of hydrogen-bond donors (Lipinski definition) is 1. The molecular formula is C19H20ClNO4. The van der Waals surface area contributed by atoms with E-state index in [2.05, 4.69) is 5.32 Å². The van der Waals surface area contributed by atoms with Gasteiger partial charge in [-0.2, -0.15) is 0 Å². The Morgan fingerprint density at radius 3 is 2.52 bits per heavy atom. The highest BCUT2D eigenvalue weighted by atomic mass is 35.5. The van der Waals surface area contributed by atoms with E-state index in [1.165, 1.54) is 0 Å². The Labute approximate surface area is 151 Å². The van der Waals surface area contributed by atoms with Gasteiger partial charge in [0.15, 0.2) is 13.2 Å². The van der Waals surface area contributed by atoms with Gasteiger partial charge in [-0.05, 0) is 43.2 Å². The van der Waals surface area contributed by atoms with Crippen molar-refractivity contribution in [2.75, 3.05) is 13.2 Å². The fraction of sp³-hybridized carbons (Fsp3) is 0.263. The molecule has 0 saturated heterocycles. The zero-order chi connectivity index (χ0) is 18.2. The number of rotatable bonds is 7. The SMILES string of the molecule is Cc1cc(OCC(=O)OCC(=O)N[C@H](C)c2ccccc2)ccc1Cl. The van der Waals surface area contributed by atoms with Gasteiger partial charge < -0.3 is 14.8 Å². The summed E-state index contributed by atoms with van der Waals surface area (Å²) in [6, 6.07) is 14.4. The minimum Gasteiger partial charge on any atom is -0.482 e. The number of aryl methyl sites for hydroxylation is 1. The van der Waals surface area contributed by atoms with Crippen LogP contribution in [0.3, 0.4) is 0 Å². The second-order valence-electron chi connectivity index (χ2n) is 5.56. The summed E-state index contributed by atoms with van der Waals surface area (Å²) in [4.78, 5) is 23.5. The Morgan fingerprint density at radius 2 is 1.84 bits per heavy atom. The lowest BCUT2D eigenvalue weighted by Crippen LogP contribution is -2.31. The largest absolute Gasteiger partial charge is 0.482 e. The predicted molar refractivity (Wildman–Crippen MR) is 95.6 cm³/mol. The van der Waals surface area contributed by atoms with Gasteiger partial charge in [0, 0.05) is 5.02 Å². The molecule has 5 nitrogen and oxygen atoms in total. The van der Waals surface area contributed by atoms with Crippen molar-refractivity contribution in [2.24, 2.45) is 0 Å². The highest BCUT2D eigenvalue weighted by molar-refractivity contribution is 6.31. The van der Waals surface area contributed by atoms with Crippen LogP contribution < -0.4 is 10.1 Å². The molecule has 0 aliphatic rings. The summed E-state index contributed by atoms with van der Waals surface area (Å²) in [5, 5.41) is 3.39. The van der Waals surface area contributed by atoms with Crippen molar-refractivity contribution in [1.29, 1.82) is 0 Å². The van der Waals surface area contributed by atoms with E-state index in [4.69, 9.17) is 21.1 Å². The zero-order valence-corrected chi connectivity index (χ0v) is 14.9. The highest BCUT2D eigenvalue weighted by Crippen LogP contribution is 2.20. The van der Waals surface area contributed by atoms with Crippen LogP contribution in [-0.4, -0.2) is 25.1 Å². The monoisotopic (exact) mass is 361 g/mol. The fourth-order valence-corrected chi connectivity index (χ4v) is 2.26. The van der Waals surface area contributed by atoms with Crippen LogP contribution >= 0.6 is 11.6 Å². The molecule has 1 N–H and O–H groups in total. The summed E-state index contributed by atoms with van der Waals surface area (Å²) < 4.78 is 10.2. The van der Waals surface area contributed by atoms with Crippen molar-refractivity contribution in [2.45, 2.75) is 19.9 Å². The smallest absolute Gasteiger partial charge is 0.344 e. The summed E-state index contributed by atoms with van der Waals surface area (Å²) in [7, 11) is 0. The minimum absolute atomic E-state index is 0.166. The van der Waals surface area contributed by atoms with Crippen LogP contribution in [0.5, 0.6) is 5.75 Å². The normalized spacial score (nSPS) is 11.5. The maximum absolute atomic E-state index is 11.8. The Bertz CT molecular complexity index is 733. The third-order valence-electron chi connectivity index (χ3n) is 3.53. The Hall–Kier alpha value is -2.53. The van der Waals surface area contributed by atoms with Gasteiger partial charge >= 0.3 is 5.97 Å². The Morgan fingerprint density at radius 1 is 1.12 bits per heavy atom. The van der Waals surface area contributed by atoms with E-state index in [0.717, 1.165) is 11.1 Å². The molecule has 0 aliphatic heterocycles. The quantitative estimate of drug-likeness (QED) is 0.767. The molecule has 2 rings (SSSR count). The Kier molecular flexibility index (Phi) is 6.83. The summed E-state index contributed by atoms with van der Waals surface area (Å²) in [6.45, 7) is 3.08. The number of hydrogen-bond acceptors (Lipinski definition) is 4. The van der Waals surface area contributed by atoms with Crippen LogP contribution in [0.4, 0.5) is 0 Å². The summed E-state index contributed by atoms with van der Waals surface area (Å²) in [5.41, 5.74) is 1.82. The molecule has 25 heavy (non-hydrogen) atoms. The molecule has 0 heterocycles. The number of ether oxygens (including phenoxy) is 2. The fourth-order valence-electron chi connectivity index (χ4n) is 2.15. The van der Waals surface area contributed by atoms with Crippen LogP contribution in [0.15, 0.2) is 48.5 Å². The second kappa shape index (κ2) is 9.08. The molecule has 0 spiro atoms. The van der Waals surface area contributed by atoms with Gasteiger partial charge in [-0.1, -0.05) is 41.9 Å². The van der Waals surface area contributed by atoms with E-state index in [9.17, 15) is 9.59 Å². The molecule has 132 valence electrons. The molecule has 0 bridgehead atoms. The first-order valence-electron chi connectivity index (χ1n) is 7.84. The van der Waals surface area contributed by atoms with Crippen molar-refractivity contribution >= 4 is 23.5 Å². The molecule has 0 saturated carbocycles. The average molecular weight is 362 g/mol. The maximum Gasteiger partial charge on any atom is 0.344 e. The van der Waals surface area contributed by atoms with Gasteiger partial charge in [-0.3, -0.25) is 4.79 Å². The van der Waals surface area contributed by atoms with E-state index in [-0.39, 0.29) is 25.2 Å². The van der Waals surface area contributed by atoms with Crippen LogP contribution in [0.25, 0.3) is 0 Å². The average Bonchev–Trinajstić information content (AvgIpc) is 2.61. The standard InChI is InChI=1S/C19H20ClNO4/c1-13-10-16(8-9-17(13)20)24-12-19(23)25-11-18(22)21-14(2)15-6-4-3-5-7-15/h3-10,14H,11-12H2,1-2H3,(H,21,22)/t14-/m1/s1. The van der Waals surface area contributed by atoms with E-state index < -0.39 is 5.97 Å². The molecule has 1 amide bonds. The molecular weight excluding hydrogens is 342 g/mol. The second-order valence-corrected chi connectivity index (χ2v) is 5.97. The molecule has 6 heteroatoms. The van der Waals surface area contributed by atoms with E-state index in [1.54, 1.807) is 18.2 Å². The van der Waals surface area contributed by atoms with Crippen molar-refractivity contribution in [3.05, 3.63) is 64.7 Å². The maximum atomic E-state index is 11.8. The van der Waals surface area contributed by atoms with Crippen LogP contribution in [0.2, 0.25) is 5.02 Å². The van der Waals surface area contributed by atoms with Crippen LogP contribution in [-0.2, 0) is 14.3 Å². The molecule has 1 atom stereocenters. The van der Waals surface area contributed by atoms with Gasteiger partial charge in [0.05, 0.1) is 6.04 Å². The molecule has 0 fully saturated rings. The van der Waals surface area contributed by atoms with Gasteiger partial charge in [-0.15, -0.1) is 0 Å². The zero-order valence-electron chi connectivity index (χ0n) is 14.1. The first-order chi connectivity index (χ1) is 12.0. The molecule has 0 aromatic heterocycles. The van der Waals surface area contributed by atoms with Gasteiger partial charge in [0.2, 0.25) is 0 Å². The topological polar surface area (TPSA) is 64.6 Å². The van der Waals surface area contributed by atoms with E-state index in [0.29, 0.717) is 10.8 Å². The summed E-state index contributed by atoms with van der Waals surface area (Å²) in [6.07, 6.45) is 0. The lowest BCUT2D eigenvalue weighted by Gasteiger charge is -2.14.